The molecule has 130 valence electrons. The van der Waals surface area contributed by atoms with E-state index in [1.54, 1.807) is 27.7 Å². The summed E-state index contributed by atoms with van der Waals surface area (Å²) in [6.07, 6.45) is -0.874. The predicted octanol–water partition coefficient (Wildman–Crippen LogP) is 3.83. The van der Waals surface area contributed by atoms with E-state index < -0.39 is 37.9 Å². The third-order valence-corrected chi connectivity index (χ3v) is 8.47. The molecule has 0 aliphatic carbocycles. The summed E-state index contributed by atoms with van der Waals surface area (Å²) >= 11 is 0. The first-order chi connectivity index (χ1) is 9.57. The second-order valence-electron chi connectivity index (χ2n) is 8.34. The number of carboxylic acids is 1. The Labute approximate surface area is 135 Å². The molecule has 0 aromatic rings. The zero-order valence-corrected chi connectivity index (χ0v) is 16.4. The highest BCUT2D eigenvalue weighted by atomic mass is 28.4. The van der Waals surface area contributed by atoms with Crippen molar-refractivity contribution in [2.24, 2.45) is 5.92 Å². The molecule has 2 atom stereocenters. The summed E-state index contributed by atoms with van der Waals surface area (Å²) in [6, 6.07) is 0. The van der Waals surface area contributed by atoms with Crippen molar-refractivity contribution in [2.75, 3.05) is 0 Å². The van der Waals surface area contributed by atoms with Crippen molar-refractivity contribution in [3.8, 4) is 0 Å². The molecule has 0 saturated heterocycles. The lowest BCUT2D eigenvalue weighted by Gasteiger charge is -2.40. The van der Waals surface area contributed by atoms with Crippen molar-refractivity contribution in [3.63, 3.8) is 0 Å². The van der Waals surface area contributed by atoms with E-state index >= 15 is 0 Å². The second-order valence-corrected chi connectivity index (χ2v) is 13.1. The zero-order chi connectivity index (χ0) is 17.9. The molecule has 0 rings (SSSR count). The lowest BCUT2D eigenvalue weighted by Crippen LogP contribution is -2.47. The Morgan fingerprint density at radius 3 is 1.86 bits per heavy atom. The topological polar surface area (TPSA) is 72.8 Å². The summed E-state index contributed by atoms with van der Waals surface area (Å²) in [5.41, 5.74) is -0.601. The lowest BCUT2D eigenvalue weighted by molar-refractivity contribution is -0.163. The van der Waals surface area contributed by atoms with Gasteiger partial charge in [-0.15, -0.1) is 0 Å². The highest BCUT2D eigenvalue weighted by Crippen LogP contribution is 2.38. The Morgan fingerprint density at radius 2 is 1.55 bits per heavy atom. The molecule has 0 amide bonds. The van der Waals surface area contributed by atoms with Crippen LogP contribution in [-0.4, -0.2) is 37.1 Å². The smallest absolute Gasteiger partial charge is 0.311 e. The molecule has 0 aliphatic rings. The van der Waals surface area contributed by atoms with Crippen LogP contribution in [0.1, 0.15) is 54.9 Å². The molecule has 0 radical (unpaired) electrons. The molecule has 1 unspecified atom stereocenters. The molecule has 6 heteroatoms. The molecule has 0 heterocycles. The summed E-state index contributed by atoms with van der Waals surface area (Å²) in [6.45, 7) is 17.4. The summed E-state index contributed by atoms with van der Waals surface area (Å²) in [5.74, 6) is -2.01. The fourth-order valence-electron chi connectivity index (χ4n) is 1.59. The monoisotopic (exact) mass is 332 g/mol. The molecule has 0 bridgehead atoms. The molecular weight excluding hydrogens is 300 g/mol. The van der Waals surface area contributed by atoms with Crippen LogP contribution in [0.2, 0.25) is 18.1 Å². The van der Waals surface area contributed by atoms with Gasteiger partial charge in [-0.05, 0) is 45.8 Å². The third-order valence-electron chi connectivity index (χ3n) is 3.96. The minimum absolute atomic E-state index is 0.0581. The van der Waals surface area contributed by atoms with Crippen LogP contribution in [0, 0.1) is 5.92 Å². The van der Waals surface area contributed by atoms with Gasteiger partial charge in [-0.1, -0.05) is 20.8 Å². The molecule has 1 N–H and O–H groups in total. The number of carbonyl (C=O) groups is 2. The molecule has 0 saturated carbocycles. The van der Waals surface area contributed by atoms with Gasteiger partial charge < -0.3 is 14.3 Å². The van der Waals surface area contributed by atoms with Crippen LogP contribution in [0.15, 0.2) is 0 Å². The van der Waals surface area contributed by atoms with Crippen LogP contribution in [0.3, 0.4) is 0 Å². The molecule has 22 heavy (non-hydrogen) atoms. The van der Waals surface area contributed by atoms with Gasteiger partial charge in [0.15, 0.2) is 8.32 Å². The maximum absolute atomic E-state index is 12.2. The average Bonchev–Trinajstić information content (AvgIpc) is 2.21. The van der Waals surface area contributed by atoms with E-state index in [1.807, 2.05) is 13.1 Å². The quantitative estimate of drug-likeness (QED) is 0.591. The van der Waals surface area contributed by atoms with E-state index in [9.17, 15) is 9.59 Å². The number of carboxylic acid groups (broad SMARTS) is 1. The Kier molecular flexibility index (Phi) is 6.84. The number of esters is 1. The highest BCUT2D eigenvalue weighted by molar-refractivity contribution is 6.74. The van der Waals surface area contributed by atoms with Crippen LogP contribution in [0.25, 0.3) is 0 Å². The van der Waals surface area contributed by atoms with Gasteiger partial charge in [0, 0.05) is 0 Å². The first-order valence-electron chi connectivity index (χ1n) is 7.69. The van der Waals surface area contributed by atoms with Crippen molar-refractivity contribution in [2.45, 2.75) is 84.7 Å². The largest absolute Gasteiger partial charge is 0.481 e. The minimum Gasteiger partial charge on any atom is -0.481 e. The fourth-order valence-corrected chi connectivity index (χ4v) is 2.99. The van der Waals surface area contributed by atoms with Gasteiger partial charge in [0.25, 0.3) is 0 Å². The number of carbonyl (C=O) groups excluding carboxylic acids is 1. The van der Waals surface area contributed by atoms with Crippen LogP contribution >= 0.6 is 0 Å². The van der Waals surface area contributed by atoms with Crippen molar-refractivity contribution >= 4 is 20.3 Å². The van der Waals surface area contributed by atoms with Gasteiger partial charge in [0.1, 0.15) is 5.60 Å². The van der Waals surface area contributed by atoms with Gasteiger partial charge in [0.05, 0.1) is 18.4 Å². The predicted molar refractivity (Wildman–Crippen MR) is 89.3 cm³/mol. The van der Waals surface area contributed by atoms with E-state index in [2.05, 4.69) is 20.8 Å². The summed E-state index contributed by atoms with van der Waals surface area (Å²) < 4.78 is 11.5. The van der Waals surface area contributed by atoms with Crippen molar-refractivity contribution in [1.29, 1.82) is 0 Å². The Morgan fingerprint density at radius 1 is 1.09 bits per heavy atom. The fraction of sp³-hybridized carbons (Fsp3) is 0.875. The molecular formula is C16H32O5Si. The maximum Gasteiger partial charge on any atom is 0.311 e. The second kappa shape index (κ2) is 7.13. The summed E-state index contributed by atoms with van der Waals surface area (Å²) in [7, 11) is -2.17. The van der Waals surface area contributed by atoms with E-state index in [1.165, 1.54) is 0 Å². The first kappa shape index (κ1) is 21.1. The van der Waals surface area contributed by atoms with Gasteiger partial charge >= 0.3 is 11.9 Å². The maximum atomic E-state index is 12.2. The average molecular weight is 333 g/mol. The van der Waals surface area contributed by atoms with Gasteiger partial charge in [0.2, 0.25) is 0 Å². The lowest BCUT2D eigenvalue weighted by atomic mass is 10.0. The van der Waals surface area contributed by atoms with E-state index in [0.717, 1.165) is 0 Å². The number of ether oxygens (including phenoxy) is 1. The first-order valence-corrected chi connectivity index (χ1v) is 10.6. The van der Waals surface area contributed by atoms with Crippen molar-refractivity contribution < 1.29 is 23.9 Å². The molecule has 0 aliphatic heterocycles. The molecule has 0 fully saturated rings. The van der Waals surface area contributed by atoms with Gasteiger partial charge in [-0.3, -0.25) is 9.59 Å². The number of hydrogen-bond donors (Lipinski definition) is 1. The van der Waals surface area contributed by atoms with Crippen LogP contribution in [-0.2, 0) is 18.8 Å². The SMILES string of the molecule is CC(C(=O)OC(C)(C)C)[C@@H](CC(=O)O)O[Si](C)(C)C(C)(C)C. The normalized spacial score (nSPS) is 16.0. The molecule has 0 aromatic heterocycles. The van der Waals surface area contributed by atoms with Crippen LogP contribution < -0.4 is 0 Å². The standard InChI is InChI=1S/C16H32O5Si/c1-11(14(19)20-15(2,3)4)12(10-13(17)18)21-22(8,9)16(5,6)7/h11-12H,10H2,1-9H3,(H,17,18)/t11?,12-/m1/s1. The van der Waals surface area contributed by atoms with E-state index in [4.69, 9.17) is 14.3 Å². The summed E-state index contributed by atoms with van der Waals surface area (Å²) in [4.78, 5) is 23.4. The Bertz CT molecular complexity index is 404. The number of aliphatic carboxylic acids is 1. The van der Waals surface area contributed by atoms with Crippen molar-refractivity contribution in [3.05, 3.63) is 0 Å². The number of rotatable bonds is 6. The van der Waals surface area contributed by atoms with Crippen LogP contribution in [0.4, 0.5) is 0 Å². The Hall–Kier alpha value is -0.883. The van der Waals surface area contributed by atoms with Gasteiger partial charge in [-0.25, -0.2) is 0 Å². The van der Waals surface area contributed by atoms with Gasteiger partial charge in [-0.2, -0.15) is 0 Å². The minimum atomic E-state index is -2.17. The van der Waals surface area contributed by atoms with E-state index in [-0.39, 0.29) is 11.5 Å². The number of hydrogen-bond acceptors (Lipinski definition) is 4. The Balaban J connectivity index is 5.21. The third kappa shape index (κ3) is 6.92. The zero-order valence-electron chi connectivity index (χ0n) is 15.4. The van der Waals surface area contributed by atoms with E-state index in [0.29, 0.717) is 0 Å². The molecule has 0 spiro atoms. The molecule has 5 nitrogen and oxygen atoms in total. The van der Waals surface area contributed by atoms with Crippen molar-refractivity contribution in [1.82, 2.24) is 0 Å². The highest BCUT2D eigenvalue weighted by Gasteiger charge is 2.42. The molecule has 0 aromatic carbocycles. The van der Waals surface area contributed by atoms with Crippen LogP contribution in [0.5, 0.6) is 0 Å². The summed E-state index contributed by atoms with van der Waals surface area (Å²) in [5, 5.41) is 9.07.